The van der Waals surface area contributed by atoms with Gasteiger partial charge in [-0.1, -0.05) is 6.92 Å². The van der Waals surface area contributed by atoms with Crippen molar-refractivity contribution in [1.82, 2.24) is 29.7 Å². The third-order valence-corrected chi connectivity index (χ3v) is 10.8. The molecule has 2 fully saturated rings. The molecule has 0 unspecified atom stereocenters. The zero-order chi connectivity index (χ0) is 31.7. The number of rotatable bonds is 10. The Labute approximate surface area is 273 Å². The molecule has 0 bridgehead atoms. The summed E-state index contributed by atoms with van der Waals surface area (Å²) in [5, 5.41) is 11.2. The van der Waals surface area contributed by atoms with Crippen LogP contribution in [0.5, 0.6) is 5.75 Å². The summed E-state index contributed by atoms with van der Waals surface area (Å²) in [6, 6.07) is 9.04. The molecule has 1 saturated carbocycles. The molecule has 2 aromatic heterocycles. The van der Waals surface area contributed by atoms with E-state index in [4.69, 9.17) is 9.72 Å². The predicted octanol–water partition coefficient (Wildman–Crippen LogP) is 5.68. The first-order valence-corrected chi connectivity index (χ1v) is 18.8. The second-order valence-electron chi connectivity index (χ2n) is 12.2. The molecule has 6 rings (SSSR count). The van der Waals surface area contributed by atoms with Crippen LogP contribution in [-0.4, -0.2) is 95.5 Å². The SMILES string of the molecule is CCc1cc(Nc2ncc(Br)c(Nc3ccc4nccnc4c3P(C)(C)=O)n2)c(OC)cc1N[C@H]1C[C@H](N2CCN(C)CC2)C1. The molecule has 4 aromatic rings. The highest BCUT2D eigenvalue weighted by atomic mass is 79.9. The van der Waals surface area contributed by atoms with Crippen LogP contribution in [0, 0.1) is 0 Å². The van der Waals surface area contributed by atoms with Gasteiger partial charge in [0, 0.05) is 68.6 Å². The second kappa shape index (κ2) is 13.2. The summed E-state index contributed by atoms with van der Waals surface area (Å²) in [6.07, 6.45) is 8.12. The molecular weight excluding hydrogens is 653 g/mol. The maximum absolute atomic E-state index is 13.4. The fraction of sp³-hybridized carbons (Fsp3) is 0.438. The molecule has 0 amide bonds. The third kappa shape index (κ3) is 6.94. The lowest BCUT2D eigenvalue weighted by atomic mass is 9.84. The predicted molar refractivity (Wildman–Crippen MR) is 187 cm³/mol. The monoisotopic (exact) mass is 693 g/mol. The summed E-state index contributed by atoms with van der Waals surface area (Å²) in [6.45, 7) is 10.3. The number of likely N-dealkylation sites (N-methyl/N-ethyl adjacent to an activating group) is 1. The Balaban J connectivity index is 1.20. The van der Waals surface area contributed by atoms with Crippen molar-refractivity contribution in [2.75, 3.05) is 69.6 Å². The molecule has 0 spiro atoms. The van der Waals surface area contributed by atoms with Gasteiger partial charge in [-0.2, -0.15) is 4.98 Å². The quantitative estimate of drug-likeness (QED) is 0.178. The molecule has 13 heteroatoms. The minimum absolute atomic E-state index is 0.397. The summed E-state index contributed by atoms with van der Waals surface area (Å²) >= 11 is 3.58. The average molecular weight is 695 g/mol. The lowest BCUT2D eigenvalue weighted by Gasteiger charge is -2.46. The number of aryl methyl sites for hydroxylation is 1. The molecule has 238 valence electrons. The van der Waals surface area contributed by atoms with Crippen LogP contribution in [-0.2, 0) is 11.0 Å². The number of fused-ring (bicyclic) bond motifs is 1. The summed E-state index contributed by atoms with van der Waals surface area (Å²) < 4.78 is 19.9. The number of hydrogen-bond acceptors (Lipinski definition) is 11. The normalized spacial score (nSPS) is 19.2. The average Bonchev–Trinajstić information content (AvgIpc) is 3.00. The number of nitrogens with one attached hydrogen (secondary N) is 3. The van der Waals surface area contributed by atoms with E-state index in [-0.39, 0.29) is 0 Å². The Morgan fingerprint density at radius 1 is 1.00 bits per heavy atom. The molecule has 11 nitrogen and oxygen atoms in total. The Kier molecular flexibility index (Phi) is 9.29. The van der Waals surface area contributed by atoms with E-state index >= 15 is 0 Å². The van der Waals surface area contributed by atoms with Crippen LogP contribution in [0.15, 0.2) is 47.3 Å². The van der Waals surface area contributed by atoms with Crippen molar-refractivity contribution in [2.24, 2.45) is 0 Å². The third-order valence-electron chi connectivity index (χ3n) is 8.73. The van der Waals surface area contributed by atoms with Crippen molar-refractivity contribution >= 4 is 68.2 Å². The van der Waals surface area contributed by atoms with Crippen LogP contribution in [0.1, 0.15) is 25.3 Å². The molecule has 3 heterocycles. The molecule has 2 aromatic carbocycles. The number of ether oxygens (including phenoxy) is 1. The van der Waals surface area contributed by atoms with Crippen LogP contribution in [0.25, 0.3) is 11.0 Å². The Hall–Kier alpha value is -3.31. The van der Waals surface area contributed by atoms with Gasteiger partial charge in [0.1, 0.15) is 24.2 Å². The summed E-state index contributed by atoms with van der Waals surface area (Å²) in [5.74, 6) is 1.63. The molecule has 0 atom stereocenters. The van der Waals surface area contributed by atoms with Gasteiger partial charge in [0.2, 0.25) is 5.95 Å². The first-order chi connectivity index (χ1) is 21.6. The fourth-order valence-electron chi connectivity index (χ4n) is 6.16. The number of aromatic nitrogens is 4. The highest BCUT2D eigenvalue weighted by Gasteiger charge is 2.35. The first-order valence-electron chi connectivity index (χ1n) is 15.4. The Morgan fingerprint density at radius 2 is 1.76 bits per heavy atom. The molecule has 1 saturated heterocycles. The molecule has 1 aliphatic heterocycles. The van der Waals surface area contributed by atoms with Gasteiger partial charge in [0.25, 0.3) is 0 Å². The van der Waals surface area contributed by atoms with Gasteiger partial charge >= 0.3 is 0 Å². The standard InChI is InChI=1S/C32H41BrN9O2P/c1-6-20-15-27(28(44-3)18-26(20)37-21-16-22(17-21)42-13-11-41(2)12-14-42)39-32-36-19-23(33)31(40-32)38-25-8-7-24-29(35-10-9-34-24)30(25)45(4,5)43/h7-10,15,18-19,21-22,37H,6,11-14,16-17H2,1-5H3,(H2,36,38,39,40)/t21-,22-. The largest absolute Gasteiger partial charge is 0.494 e. The van der Waals surface area contributed by atoms with Crippen LogP contribution in [0.2, 0.25) is 0 Å². The summed E-state index contributed by atoms with van der Waals surface area (Å²) in [4.78, 5) is 23.2. The Morgan fingerprint density at radius 3 is 2.47 bits per heavy atom. The van der Waals surface area contributed by atoms with Gasteiger partial charge in [-0.3, -0.25) is 14.9 Å². The highest BCUT2D eigenvalue weighted by molar-refractivity contribution is 9.10. The number of piperazine rings is 1. The lowest BCUT2D eigenvalue weighted by molar-refractivity contribution is 0.0657. The van der Waals surface area contributed by atoms with E-state index in [1.807, 2.05) is 12.1 Å². The number of hydrogen-bond donors (Lipinski definition) is 3. The maximum Gasteiger partial charge on any atom is 0.229 e. The van der Waals surface area contributed by atoms with Crippen molar-refractivity contribution in [3.8, 4) is 5.75 Å². The van der Waals surface area contributed by atoms with Crippen LogP contribution in [0.4, 0.5) is 28.8 Å². The van der Waals surface area contributed by atoms with Gasteiger partial charge in [0.15, 0.2) is 0 Å². The van der Waals surface area contributed by atoms with Gasteiger partial charge in [-0.15, -0.1) is 0 Å². The summed E-state index contributed by atoms with van der Waals surface area (Å²) in [5.41, 5.74) is 5.05. The number of nitrogens with zero attached hydrogens (tertiary/aromatic N) is 6. The molecular formula is C32H41BrN9O2P. The van der Waals surface area contributed by atoms with Gasteiger partial charge in [-0.25, -0.2) is 4.98 Å². The topological polar surface area (TPSA) is 120 Å². The van der Waals surface area contributed by atoms with E-state index in [1.54, 1.807) is 39.0 Å². The van der Waals surface area contributed by atoms with Crippen molar-refractivity contribution in [3.63, 3.8) is 0 Å². The minimum Gasteiger partial charge on any atom is -0.494 e. The van der Waals surface area contributed by atoms with E-state index in [0.717, 1.165) is 56.8 Å². The molecule has 0 radical (unpaired) electrons. The van der Waals surface area contributed by atoms with Crippen LogP contribution < -0.4 is 26.0 Å². The molecule has 3 N–H and O–H groups in total. The zero-order valence-corrected chi connectivity index (χ0v) is 29.0. The van der Waals surface area contributed by atoms with Crippen molar-refractivity contribution in [3.05, 3.63) is 52.9 Å². The highest BCUT2D eigenvalue weighted by Crippen LogP contribution is 2.42. The van der Waals surface area contributed by atoms with E-state index < -0.39 is 7.14 Å². The second-order valence-corrected chi connectivity index (χ2v) is 16.2. The van der Waals surface area contributed by atoms with Crippen molar-refractivity contribution in [2.45, 2.75) is 38.3 Å². The van der Waals surface area contributed by atoms with Crippen molar-refractivity contribution < 1.29 is 9.30 Å². The number of methoxy groups -OCH3 is 1. The summed E-state index contributed by atoms with van der Waals surface area (Å²) in [7, 11) is 1.15. The van der Waals surface area contributed by atoms with E-state index in [1.165, 1.54) is 5.56 Å². The van der Waals surface area contributed by atoms with E-state index in [9.17, 15) is 4.57 Å². The van der Waals surface area contributed by atoms with Crippen LogP contribution in [0.3, 0.4) is 0 Å². The number of halogens is 1. The molecule has 45 heavy (non-hydrogen) atoms. The van der Waals surface area contributed by atoms with Crippen molar-refractivity contribution in [1.29, 1.82) is 0 Å². The fourth-order valence-corrected chi connectivity index (χ4v) is 7.84. The van der Waals surface area contributed by atoms with Gasteiger partial charge in [-0.05, 0) is 79.3 Å². The first kappa shape index (κ1) is 31.7. The minimum atomic E-state index is -2.73. The van der Waals surface area contributed by atoms with E-state index in [0.29, 0.717) is 56.1 Å². The Bertz CT molecular complexity index is 1740. The van der Waals surface area contributed by atoms with E-state index in [2.05, 4.69) is 82.7 Å². The van der Waals surface area contributed by atoms with Gasteiger partial charge in [0.05, 0.1) is 33.8 Å². The zero-order valence-electron chi connectivity index (χ0n) is 26.5. The number of benzene rings is 2. The van der Waals surface area contributed by atoms with Crippen LogP contribution >= 0.6 is 23.1 Å². The van der Waals surface area contributed by atoms with Gasteiger partial charge < -0.3 is 30.2 Å². The lowest BCUT2D eigenvalue weighted by Crippen LogP contribution is -2.55. The number of anilines is 5. The molecule has 2 aliphatic rings. The maximum atomic E-state index is 13.4. The molecule has 1 aliphatic carbocycles. The smallest absolute Gasteiger partial charge is 0.229 e.